The predicted octanol–water partition coefficient (Wildman–Crippen LogP) is 4.47. The number of hydrogen-bond acceptors (Lipinski definition) is 3. The van der Waals surface area contributed by atoms with Crippen LogP contribution in [0.4, 0.5) is 11.4 Å². The van der Waals surface area contributed by atoms with E-state index < -0.39 is 5.92 Å². The number of aryl methyl sites for hydroxylation is 2. The van der Waals surface area contributed by atoms with Crippen LogP contribution in [-0.4, -0.2) is 25.5 Å². The molecule has 0 unspecified atom stereocenters. The molecule has 0 aliphatic carbocycles. The Morgan fingerprint density at radius 2 is 1.89 bits per heavy atom. The molecule has 28 heavy (non-hydrogen) atoms. The van der Waals surface area contributed by atoms with Gasteiger partial charge in [-0.25, -0.2) is 0 Å². The molecule has 1 N–H and O–H groups in total. The van der Waals surface area contributed by atoms with Crippen molar-refractivity contribution in [3.63, 3.8) is 0 Å². The molecule has 0 aromatic heterocycles. The standard InChI is InChI=1S/C22H25ClN2O3/c1-4-14-7-6-8-15(5-2)21(14)24-22(27)16-11-20(26)25(13-16)18-12-17(23)9-10-19(18)28-3/h6-10,12,16H,4-5,11,13H2,1-3H3,(H,24,27)/t16-/m0/s1. The van der Waals surface area contributed by atoms with E-state index in [2.05, 4.69) is 19.2 Å². The van der Waals surface area contributed by atoms with Gasteiger partial charge in [0.2, 0.25) is 11.8 Å². The first-order valence-electron chi connectivity index (χ1n) is 9.54. The molecule has 0 saturated carbocycles. The Morgan fingerprint density at radius 1 is 1.21 bits per heavy atom. The molecule has 1 heterocycles. The van der Waals surface area contributed by atoms with Crippen molar-refractivity contribution in [3.05, 3.63) is 52.5 Å². The van der Waals surface area contributed by atoms with Gasteiger partial charge in [-0.2, -0.15) is 0 Å². The lowest BCUT2D eigenvalue weighted by Crippen LogP contribution is -2.29. The highest BCUT2D eigenvalue weighted by Gasteiger charge is 2.36. The Balaban J connectivity index is 1.81. The summed E-state index contributed by atoms with van der Waals surface area (Å²) in [4.78, 5) is 27.1. The highest BCUT2D eigenvalue weighted by Crippen LogP contribution is 2.35. The van der Waals surface area contributed by atoms with E-state index in [9.17, 15) is 9.59 Å². The number of para-hydroxylation sites is 1. The first-order valence-corrected chi connectivity index (χ1v) is 9.91. The summed E-state index contributed by atoms with van der Waals surface area (Å²) in [7, 11) is 1.55. The van der Waals surface area contributed by atoms with Gasteiger partial charge in [0.05, 0.1) is 18.7 Å². The van der Waals surface area contributed by atoms with Crippen LogP contribution in [0, 0.1) is 5.92 Å². The highest BCUT2D eigenvalue weighted by atomic mass is 35.5. The van der Waals surface area contributed by atoms with Gasteiger partial charge in [0.25, 0.3) is 0 Å². The number of anilines is 2. The Hall–Kier alpha value is -2.53. The van der Waals surface area contributed by atoms with E-state index >= 15 is 0 Å². The van der Waals surface area contributed by atoms with Crippen LogP contribution >= 0.6 is 11.6 Å². The number of carbonyl (C=O) groups excluding carboxylic acids is 2. The smallest absolute Gasteiger partial charge is 0.229 e. The molecule has 0 radical (unpaired) electrons. The van der Waals surface area contributed by atoms with Gasteiger partial charge < -0.3 is 15.0 Å². The summed E-state index contributed by atoms with van der Waals surface area (Å²) in [5, 5.41) is 3.60. The summed E-state index contributed by atoms with van der Waals surface area (Å²) < 4.78 is 5.36. The lowest BCUT2D eigenvalue weighted by atomic mass is 10.0. The van der Waals surface area contributed by atoms with Crippen LogP contribution in [0.5, 0.6) is 5.75 Å². The van der Waals surface area contributed by atoms with Crippen LogP contribution in [0.25, 0.3) is 0 Å². The molecule has 1 saturated heterocycles. The van der Waals surface area contributed by atoms with Crippen LogP contribution in [-0.2, 0) is 22.4 Å². The number of halogens is 1. The summed E-state index contributed by atoms with van der Waals surface area (Å²) >= 11 is 6.10. The Morgan fingerprint density at radius 3 is 2.50 bits per heavy atom. The first-order chi connectivity index (χ1) is 13.5. The first kappa shape index (κ1) is 20.2. The second-order valence-electron chi connectivity index (χ2n) is 6.87. The van der Waals surface area contributed by atoms with Crippen LogP contribution in [0.1, 0.15) is 31.4 Å². The van der Waals surface area contributed by atoms with E-state index in [1.165, 1.54) is 0 Å². The molecule has 1 atom stereocenters. The third-order valence-corrected chi connectivity index (χ3v) is 5.41. The maximum Gasteiger partial charge on any atom is 0.229 e. The zero-order chi connectivity index (χ0) is 20.3. The minimum Gasteiger partial charge on any atom is -0.495 e. The molecule has 2 amide bonds. The fourth-order valence-corrected chi connectivity index (χ4v) is 3.78. The van der Waals surface area contributed by atoms with Crippen molar-refractivity contribution < 1.29 is 14.3 Å². The molecule has 6 heteroatoms. The number of nitrogens with zero attached hydrogens (tertiary/aromatic N) is 1. The lowest BCUT2D eigenvalue weighted by molar-refractivity contribution is -0.122. The molecule has 1 aliphatic rings. The van der Waals surface area contributed by atoms with Gasteiger partial charge in [-0.3, -0.25) is 9.59 Å². The number of amides is 2. The van der Waals surface area contributed by atoms with E-state index in [0.29, 0.717) is 23.0 Å². The molecule has 148 valence electrons. The molecule has 5 nitrogen and oxygen atoms in total. The average Bonchev–Trinajstić information content (AvgIpc) is 3.09. The minimum atomic E-state index is -0.425. The molecular weight excluding hydrogens is 376 g/mol. The number of benzene rings is 2. The third kappa shape index (κ3) is 3.99. The van der Waals surface area contributed by atoms with Crippen LogP contribution in [0.2, 0.25) is 5.02 Å². The Labute approximate surface area is 170 Å². The average molecular weight is 401 g/mol. The van der Waals surface area contributed by atoms with Gasteiger partial charge in [-0.1, -0.05) is 43.6 Å². The zero-order valence-electron chi connectivity index (χ0n) is 16.4. The Bertz CT molecular complexity index is 875. The molecular formula is C22H25ClN2O3. The van der Waals surface area contributed by atoms with Crippen LogP contribution in [0.15, 0.2) is 36.4 Å². The number of nitrogens with one attached hydrogen (secondary N) is 1. The zero-order valence-corrected chi connectivity index (χ0v) is 17.2. The van der Waals surface area contributed by atoms with Gasteiger partial charge >= 0.3 is 0 Å². The number of methoxy groups -OCH3 is 1. The molecule has 1 aliphatic heterocycles. The summed E-state index contributed by atoms with van der Waals surface area (Å²) in [6.07, 6.45) is 1.83. The van der Waals surface area contributed by atoms with Crippen molar-refractivity contribution in [2.45, 2.75) is 33.1 Å². The van der Waals surface area contributed by atoms with Gasteiger partial charge in [0.1, 0.15) is 5.75 Å². The molecule has 2 aromatic carbocycles. The molecule has 3 rings (SSSR count). The summed E-state index contributed by atoms with van der Waals surface area (Å²) in [6.45, 7) is 4.43. The molecule has 1 fully saturated rings. The predicted molar refractivity (Wildman–Crippen MR) is 112 cm³/mol. The van der Waals surface area contributed by atoms with Crippen LogP contribution < -0.4 is 15.0 Å². The van der Waals surface area contributed by atoms with E-state index in [1.54, 1.807) is 30.2 Å². The Kier molecular flexibility index (Phi) is 6.25. The largest absolute Gasteiger partial charge is 0.495 e. The number of hydrogen-bond donors (Lipinski definition) is 1. The van der Waals surface area contributed by atoms with E-state index in [-0.39, 0.29) is 18.2 Å². The number of rotatable bonds is 6. The monoisotopic (exact) mass is 400 g/mol. The van der Waals surface area contributed by atoms with Gasteiger partial charge in [0.15, 0.2) is 0 Å². The maximum atomic E-state index is 12.9. The van der Waals surface area contributed by atoms with E-state index in [0.717, 1.165) is 29.7 Å². The van der Waals surface area contributed by atoms with Crippen molar-refractivity contribution in [1.82, 2.24) is 0 Å². The van der Waals surface area contributed by atoms with Crippen molar-refractivity contribution >= 4 is 34.8 Å². The normalized spacial score (nSPS) is 16.4. The van der Waals surface area contributed by atoms with Crippen molar-refractivity contribution in [2.24, 2.45) is 5.92 Å². The van der Waals surface area contributed by atoms with Gasteiger partial charge in [0, 0.05) is 23.7 Å². The molecule has 2 aromatic rings. The van der Waals surface area contributed by atoms with Crippen molar-refractivity contribution in [1.29, 1.82) is 0 Å². The minimum absolute atomic E-state index is 0.111. The fourth-order valence-electron chi connectivity index (χ4n) is 3.62. The topological polar surface area (TPSA) is 58.6 Å². The van der Waals surface area contributed by atoms with Gasteiger partial charge in [-0.15, -0.1) is 0 Å². The fraction of sp³-hybridized carbons (Fsp3) is 0.364. The van der Waals surface area contributed by atoms with E-state index in [1.807, 2.05) is 18.2 Å². The van der Waals surface area contributed by atoms with Crippen molar-refractivity contribution in [2.75, 3.05) is 23.9 Å². The number of carbonyl (C=O) groups is 2. The lowest BCUT2D eigenvalue weighted by Gasteiger charge is -2.20. The third-order valence-electron chi connectivity index (χ3n) is 5.17. The number of ether oxygens (including phenoxy) is 1. The van der Waals surface area contributed by atoms with Crippen LogP contribution in [0.3, 0.4) is 0 Å². The maximum absolute atomic E-state index is 12.9. The quantitative estimate of drug-likeness (QED) is 0.778. The summed E-state index contributed by atoms with van der Waals surface area (Å²) in [5.74, 6) is -0.109. The van der Waals surface area contributed by atoms with Crippen molar-refractivity contribution in [3.8, 4) is 5.75 Å². The highest BCUT2D eigenvalue weighted by molar-refractivity contribution is 6.31. The molecule has 0 spiro atoms. The second-order valence-corrected chi connectivity index (χ2v) is 7.31. The second kappa shape index (κ2) is 8.65. The van der Waals surface area contributed by atoms with E-state index in [4.69, 9.17) is 16.3 Å². The van der Waals surface area contributed by atoms with Gasteiger partial charge in [-0.05, 0) is 42.2 Å². The molecule has 0 bridgehead atoms. The SMILES string of the molecule is CCc1cccc(CC)c1NC(=O)[C@H]1CC(=O)N(c2cc(Cl)ccc2OC)C1. The summed E-state index contributed by atoms with van der Waals surface area (Å²) in [6, 6.07) is 11.2. The summed E-state index contributed by atoms with van der Waals surface area (Å²) in [5.41, 5.74) is 3.68.